The van der Waals surface area contributed by atoms with Gasteiger partial charge in [0.1, 0.15) is 0 Å². The molecule has 0 spiro atoms. The smallest absolute Gasteiger partial charge is 0.0832 e. The van der Waals surface area contributed by atoms with Gasteiger partial charge in [-0.1, -0.05) is 42.2 Å². The summed E-state index contributed by atoms with van der Waals surface area (Å²) < 4.78 is 5.77. The number of hydrogen-bond donors (Lipinski definition) is 1. The standard InChI is InChI=1S/C16H25NO/c1-12-8-13(2)10-14(9-12)11-15(17)16(18-3)6-4-5-7-16/h8-10,15H,4-7,11,17H2,1-3H3. The summed E-state index contributed by atoms with van der Waals surface area (Å²) in [6.07, 6.45) is 5.62. The molecule has 0 bridgehead atoms. The van der Waals surface area contributed by atoms with E-state index >= 15 is 0 Å². The predicted octanol–water partition coefficient (Wildman–Crippen LogP) is 3.13. The van der Waals surface area contributed by atoms with Gasteiger partial charge in [0.2, 0.25) is 0 Å². The third kappa shape index (κ3) is 2.76. The van der Waals surface area contributed by atoms with Crippen molar-refractivity contribution in [3.63, 3.8) is 0 Å². The molecule has 1 aromatic rings. The molecule has 1 unspecified atom stereocenters. The van der Waals surface area contributed by atoms with Crippen LogP contribution in [-0.4, -0.2) is 18.8 Å². The monoisotopic (exact) mass is 247 g/mol. The quantitative estimate of drug-likeness (QED) is 0.887. The van der Waals surface area contributed by atoms with Crippen LogP contribution >= 0.6 is 0 Å². The second kappa shape index (κ2) is 5.41. The highest BCUT2D eigenvalue weighted by Crippen LogP contribution is 2.36. The highest BCUT2D eigenvalue weighted by molar-refractivity contribution is 5.29. The fraction of sp³-hybridized carbons (Fsp3) is 0.625. The highest BCUT2D eigenvalue weighted by Gasteiger charge is 2.39. The van der Waals surface area contributed by atoms with E-state index in [1.807, 2.05) is 7.11 Å². The number of rotatable bonds is 4. The second-order valence-electron chi connectivity index (χ2n) is 5.78. The molecule has 1 aromatic carbocycles. The van der Waals surface area contributed by atoms with Crippen LogP contribution in [0.3, 0.4) is 0 Å². The van der Waals surface area contributed by atoms with Crippen molar-refractivity contribution >= 4 is 0 Å². The van der Waals surface area contributed by atoms with Gasteiger partial charge >= 0.3 is 0 Å². The molecule has 1 aliphatic rings. The fourth-order valence-corrected chi connectivity index (χ4v) is 3.33. The maximum Gasteiger partial charge on any atom is 0.0832 e. The maximum atomic E-state index is 6.43. The van der Waals surface area contributed by atoms with Crippen LogP contribution in [0, 0.1) is 13.8 Å². The van der Waals surface area contributed by atoms with Crippen LogP contribution in [0.5, 0.6) is 0 Å². The van der Waals surface area contributed by atoms with E-state index in [1.54, 1.807) is 0 Å². The van der Waals surface area contributed by atoms with Crippen LogP contribution in [0.4, 0.5) is 0 Å². The van der Waals surface area contributed by atoms with Gasteiger partial charge in [0.25, 0.3) is 0 Å². The van der Waals surface area contributed by atoms with Gasteiger partial charge in [-0.15, -0.1) is 0 Å². The van der Waals surface area contributed by atoms with Gasteiger partial charge in [-0.25, -0.2) is 0 Å². The molecular weight excluding hydrogens is 222 g/mol. The van der Waals surface area contributed by atoms with Crippen molar-refractivity contribution in [2.75, 3.05) is 7.11 Å². The first-order chi connectivity index (χ1) is 8.55. The first kappa shape index (κ1) is 13.6. The number of methoxy groups -OCH3 is 1. The summed E-state index contributed by atoms with van der Waals surface area (Å²) in [5.74, 6) is 0. The van der Waals surface area contributed by atoms with E-state index < -0.39 is 0 Å². The van der Waals surface area contributed by atoms with E-state index in [-0.39, 0.29) is 11.6 Å². The first-order valence-electron chi connectivity index (χ1n) is 6.94. The maximum absolute atomic E-state index is 6.43. The predicted molar refractivity (Wildman–Crippen MR) is 75.8 cm³/mol. The molecule has 0 aliphatic heterocycles. The molecule has 2 nitrogen and oxygen atoms in total. The average Bonchev–Trinajstić information content (AvgIpc) is 2.77. The van der Waals surface area contributed by atoms with E-state index in [0.717, 1.165) is 19.3 Å². The van der Waals surface area contributed by atoms with Crippen molar-refractivity contribution in [1.29, 1.82) is 0 Å². The lowest BCUT2D eigenvalue weighted by Crippen LogP contribution is -2.48. The Kier molecular flexibility index (Phi) is 4.08. The third-order valence-electron chi connectivity index (χ3n) is 4.27. The Balaban J connectivity index is 2.12. The Hall–Kier alpha value is -0.860. The van der Waals surface area contributed by atoms with Crippen LogP contribution in [0.25, 0.3) is 0 Å². The third-order valence-corrected chi connectivity index (χ3v) is 4.27. The van der Waals surface area contributed by atoms with Gasteiger partial charge in [-0.2, -0.15) is 0 Å². The lowest BCUT2D eigenvalue weighted by Gasteiger charge is -2.34. The Morgan fingerprint density at radius 1 is 1.17 bits per heavy atom. The van der Waals surface area contributed by atoms with E-state index in [2.05, 4.69) is 32.0 Å². The lowest BCUT2D eigenvalue weighted by molar-refractivity contribution is -0.0253. The molecule has 1 saturated carbocycles. The molecular formula is C16H25NO. The molecule has 1 atom stereocenters. The Morgan fingerprint density at radius 2 is 1.72 bits per heavy atom. The lowest BCUT2D eigenvalue weighted by atomic mass is 9.87. The molecule has 18 heavy (non-hydrogen) atoms. The number of nitrogens with two attached hydrogens (primary N) is 1. The summed E-state index contributed by atoms with van der Waals surface area (Å²) in [5.41, 5.74) is 10.3. The zero-order valence-electron chi connectivity index (χ0n) is 11.8. The van der Waals surface area contributed by atoms with Gasteiger partial charge in [0.05, 0.1) is 5.60 Å². The minimum Gasteiger partial charge on any atom is -0.377 e. The van der Waals surface area contributed by atoms with Crippen LogP contribution in [0.1, 0.15) is 42.4 Å². The van der Waals surface area contributed by atoms with Crippen LogP contribution < -0.4 is 5.73 Å². The van der Waals surface area contributed by atoms with Crippen molar-refractivity contribution in [1.82, 2.24) is 0 Å². The molecule has 0 heterocycles. The van der Waals surface area contributed by atoms with Gasteiger partial charge in [0.15, 0.2) is 0 Å². The average molecular weight is 247 g/mol. The molecule has 1 fully saturated rings. The zero-order chi connectivity index (χ0) is 13.2. The van der Waals surface area contributed by atoms with E-state index in [9.17, 15) is 0 Å². The number of hydrogen-bond acceptors (Lipinski definition) is 2. The van der Waals surface area contributed by atoms with Gasteiger partial charge in [0, 0.05) is 13.2 Å². The van der Waals surface area contributed by atoms with Gasteiger partial charge in [-0.05, 0) is 38.7 Å². The summed E-state index contributed by atoms with van der Waals surface area (Å²) in [4.78, 5) is 0. The first-order valence-corrected chi connectivity index (χ1v) is 6.94. The van der Waals surface area contributed by atoms with E-state index in [4.69, 9.17) is 10.5 Å². The Bertz CT molecular complexity index is 387. The normalized spacial score (nSPS) is 20.0. The van der Waals surface area contributed by atoms with E-state index in [1.165, 1.54) is 29.5 Å². The van der Waals surface area contributed by atoms with Crippen molar-refractivity contribution in [3.05, 3.63) is 34.9 Å². The number of ether oxygens (including phenoxy) is 1. The fourth-order valence-electron chi connectivity index (χ4n) is 3.33. The molecule has 0 saturated heterocycles. The van der Waals surface area contributed by atoms with Crippen molar-refractivity contribution in [2.24, 2.45) is 5.73 Å². The second-order valence-corrected chi connectivity index (χ2v) is 5.78. The van der Waals surface area contributed by atoms with Crippen molar-refractivity contribution < 1.29 is 4.74 Å². The molecule has 0 amide bonds. The minimum absolute atomic E-state index is 0.0857. The summed E-state index contributed by atoms with van der Waals surface area (Å²) in [6, 6.07) is 6.79. The summed E-state index contributed by atoms with van der Waals surface area (Å²) in [5, 5.41) is 0. The Morgan fingerprint density at radius 3 is 2.22 bits per heavy atom. The van der Waals surface area contributed by atoms with Crippen molar-refractivity contribution in [3.8, 4) is 0 Å². The van der Waals surface area contributed by atoms with Crippen molar-refractivity contribution in [2.45, 2.75) is 57.6 Å². The number of aryl methyl sites for hydroxylation is 2. The van der Waals surface area contributed by atoms with Crippen LogP contribution in [-0.2, 0) is 11.2 Å². The molecule has 2 rings (SSSR count). The van der Waals surface area contributed by atoms with E-state index in [0.29, 0.717) is 0 Å². The summed E-state index contributed by atoms with van der Waals surface area (Å²) in [6.45, 7) is 4.29. The molecule has 0 aromatic heterocycles. The van der Waals surface area contributed by atoms with Crippen LogP contribution in [0.15, 0.2) is 18.2 Å². The number of benzene rings is 1. The largest absolute Gasteiger partial charge is 0.377 e. The molecule has 2 N–H and O–H groups in total. The summed E-state index contributed by atoms with van der Waals surface area (Å²) >= 11 is 0. The van der Waals surface area contributed by atoms with Crippen LogP contribution in [0.2, 0.25) is 0 Å². The highest BCUT2D eigenvalue weighted by atomic mass is 16.5. The minimum atomic E-state index is -0.0857. The molecule has 0 radical (unpaired) electrons. The van der Waals surface area contributed by atoms with Gasteiger partial charge < -0.3 is 10.5 Å². The van der Waals surface area contributed by atoms with Gasteiger partial charge in [-0.3, -0.25) is 0 Å². The molecule has 100 valence electrons. The molecule has 1 aliphatic carbocycles. The Labute approximate surface area is 111 Å². The summed E-state index contributed by atoms with van der Waals surface area (Å²) in [7, 11) is 1.81. The SMILES string of the molecule is COC1(C(N)Cc2cc(C)cc(C)c2)CCCC1. The zero-order valence-corrected chi connectivity index (χ0v) is 11.8. The molecule has 2 heteroatoms. The topological polar surface area (TPSA) is 35.2 Å².